The fourth-order valence-electron chi connectivity index (χ4n) is 4.40. The Hall–Kier alpha value is -3.11. The molecule has 3 rings (SSSR count). The maximum atomic E-state index is 12.4. The fourth-order valence-corrected chi connectivity index (χ4v) is 4.90. The number of amides is 1. The standard InChI is InChI=1S/C26H35N5O4S/c1-5-24-17-31(16-23-14-28-11-10-25(23)35-24)15-22-12-20(8-6-18(22)2)21(9-7-19(3)29-27)13-26(32)30-36(4,33)34/h6,8,10-12,14,21,24,27H,3,5,7,9,13,15-17H2,1-2,4H3,(H,30,32)/t21?,24-/m1/s1. The molecule has 2 aromatic rings. The van der Waals surface area contributed by atoms with Crippen LogP contribution in [0.2, 0.25) is 0 Å². The van der Waals surface area contributed by atoms with Crippen LogP contribution in [0.4, 0.5) is 0 Å². The molecule has 0 fully saturated rings. The highest BCUT2D eigenvalue weighted by molar-refractivity contribution is 7.89. The number of hydrogen-bond acceptors (Lipinski definition) is 8. The van der Waals surface area contributed by atoms with Crippen LogP contribution in [0.3, 0.4) is 0 Å². The highest BCUT2D eigenvalue weighted by atomic mass is 32.2. The van der Waals surface area contributed by atoms with Crippen molar-refractivity contribution >= 4 is 15.9 Å². The zero-order valence-electron chi connectivity index (χ0n) is 21.2. The van der Waals surface area contributed by atoms with Gasteiger partial charge in [0.15, 0.2) is 0 Å². The van der Waals surface area contributed by atoms with Crippen LogP contribution in [-0.2, 0) is 27.9 Å². The quantitative estimate of drug-likeness (QED) is 0.428. The van der Waals surface area contributed by atoms with Gasteiger partial charge in [-0.05, 0) is 54.9 Å². The summed E-state index contributed by atoms with van der Waals surface area (Å²) in [5, 5.41) is 3.38. The first-order valence-electron chi connectivity index (χ1n) is 12.0. The minimum Gasteiger partial charge on any atom is -0.489 e. The number of nitrogens with zero attached hydrogens (tertiary/aromatic N) is 3. The SMILES string of the molecule is C=C(CCC(CC(=O)NS(C)(=O)=O)c1ccc(C)c(CN2Cc3cnccc3O[C@H](CC)C2)c1)N=N. The Morgan fingerprint density at radius 1 is 1.39 bits per heavy atom. The van der Waals surface area contributed by atoms with Crippen molar-refractivity contribution in [2.75, 3.05) is 12.8 Å². The van der Waals surface area contributed by atoms with Crippen molar-refractivity contribution in [1.82, 2.24) is 14.6 Å². The van der Waals surface area contributed by atoms with E-state index in [4.69, 9.17) is 10.3 Å². The van der Waals surface area contributed by atoms with E-state index in [1.165, 1.54) is 0 Å². The molecular formula is C26H35N5O4S. The number of carbonyl (C=O) groups is 1. The number of fused-ring (bicyclic) bond motifs is 1. The lowest BCUT2D eigenvalue weighted by molar-refractivity contribution is -0.119. The van der Waals surface area contributed by atoms with Crippen molar-refractivity contribution < 1.29 is 17.9 Å². The predicted octanol–water partition coefficient (Wildman–Crippen LogP) is 4.44. The third kappa shape index (κ3) is 7.96. The van der Waals surface area contributed by atoms with Gasteiger partial charge in [-0.15, -0.1) is 0 Å². The molecule has 36 heavy (non-hydrogen) atoms. The largest absolute Gasteiger partial charge is 0.489 e. The van der Waals surface area contributed by atoms with Gasteiger partial charge in [-0.3, -0.25) is 19.4 Å². The molecule has 1 unspecified atom stereocenters. The molecule has 2 N–H and O–H groups in total. The zero-order chi connectivity index (χ0) is 26.3. The number of allylic oxidation sites excluding steroid dienone is 1. The Balaban J connectivity index is 1.85. The van der Waals surface area contributed by atoms with Gasteiger partial charge in [-0.25, -0.2) is 13.9 Å². The number of rotatable bonds is 11. The molecular weight excluding hydrogens is 478 g/mol. The molecule has 1 aliphatic heterocycles. The van der Waals surface area contributed by atoms with E-state index in [0.717, 1.165) is 47.2 Å². The van der Waals surface area contributed by atoms with Gasteiger partial charge in [-0.1, -0.05) is 31.7 Å². The summed E-state index contributed by atoms with van der Waals surface area (Å²) < 4.78 is 31.4. The zero-order valence-corrected chi connectivity index (χ0v) is 22.0. The van der Waals surface area contributed by atoms with Gasteiger partial charge in [0.2, 0.25) is 15.9 Å². The second-order valence-corrected chi connectivity index (χ2v) is 11.2. The molecule has 1 amide bonds. The molecule has 0 saturated carbocycles. The van der Waals surface area contributed by atoms with E-state index in [1.54, 1.807) is 6.20 Å². The highest BCUT2D eigenvalue weighted by Crippen LogP contribution is 2.30. The maximum absolute atomic E-state index is 12.4. The third-order valence-electron chi connectivity index (χ3n) is 6.37. The Labute approximate surface area is 213 Å². The van der Waals surface area contributed by atoms with Crippen LogP contribution in [0.15, 0.2) is 54.0 Å². The van der Waals surface area contributed by atoms with Crippen molar-refractivity contribution in [2.45, 2.75) is 64.6 Å². The topological polar surface area (TPSA) is 125 Å². The number of ether oxygens (including phenoxy) is 1. The fraction of sp³-hybridized carbons (Fsp3) is 0.462. The first kappa shape index (κ1) is 27.5. The minimum absolute atomic E-state index is 0.00928. The second-order valence-electron chi connectivity index (χ2n) is 9.40. The first-order chi connectivity index (χ1) is 17.1. The summed E-state index contributed by atoms with van der Waals surface area (Å²) in [5.74, 6) is 0.0739. The van der Waals surface area contributed by atoms with Crippen molar-refractivity contribution in [3.05, 3.63) is 71.2 Å². The predicted molar refractivity (Wildman–Crippen MR) is 138 cm³/mol. The molecule has 2 heterocycles. The normalized spacial score (nSPS) is 16.8. The monoisotopic (exact) mass is 513 g/mol. The Kier molecular flexibility index (Phi) is 9.33. The third-order valence-corrected chi connectivity index (χ3v) is 6.97. The molecule has 10 heteroatoms. The summed E-state index contributed by atoms with van der Waals surface area (Å²) in [5.41, 5.74) is 11.8. The molecule has 1 aliphatic rings. The molecule has 0 aliphatic carbocycles. The molecule has 9 nitrogen and oxygen atoms in total. The van der Waals surface area contributed by atoms with Crippen LogP contribution in [0.1, 0.15) is 60.8 Å². The van der Waals surface area contributed by atoms with Gasteiger partial charge in [0, 0.05) is 44.0 Å². The summed E-state index contributed by atoms with van der Waals surface area (Å²) in [6, 6.07) is 8.04. The van der Waals surface area contributed by atoms with Gasteiger partial charge in [0.1, 0.15) is 11.9 Å². The summed E-state index contributed by atoms with van der Waals surface area (Å²) in [6.45, 7) is 10.1. The first-order valence-corrected chi connectivity index (χ1v) is 13.9. The van der Waals surface area contributed by atoms with Gasteiger partial charge in [0.25, 0.3) is 0 Å². The van der Waals surface area contributed by atoms with E-state index in [9.17, 15) is 13.2 Å². The molecule has 0 saturated heterocycles. The van der Waals surface area contributed by atoms with Gasteiger partial charge in [-0.2, -0.15) is 5.11 Å². The van der Waals surface area contributed by atoms with Crippen LogP contribution in [0.5, 0.6) is 5.75 Å². The number of hydrogen-bond donors (Lipinski definition) is 2. The highest BCUT2D eigenvalue weighted by Gasteiger charge is 2.24. The Morgan fingerprint density at radius 2 is 2.17 bits per heavy atom. The van der Waals surface area contributed by atoms with Crippen molar-refractivity contribution in [3.8, 4) is 5.75 Å². The van der Waals surface area contributed by atoms with Crippen LogP contribution in [-0.4, -0.2) is 43.1 Å². The maximum Gasteiger partial charge on any atom is 0.234 e. The number of benzene rings is 1. The molecule has 194 valence electrons. The summed E-state index contributed by atoms with van der Waals surface area (Å²) in [4.78, 5) is 19.1. The van der Waals surface area contributed by atoms with Crippen molar-refractivity contribution in [1.29, 1.82) is 5.53 Å². The summed E-state index contributed by atoms with van der Waals surface area (Å²) in [6.07, 6.45) is 6.50. The number of aryl methyl sites for hydroxylation is 1. The van der Waals surface area contributed by atoms with Crippen LogP contribution in [0, 0.1) is 12.5 Å². The molecule has 1 aromatic heterocycles. The molecule has 0 radical (unpaired) electrons. The van der Waals surface area contributed by atoms with Crippen LogP contribution in [0.25, 0.3) is 0 Å². The average Bonchev–Trinajstić information content (AvgIpc) is 3.00. The number of pyridine rings is 1. The van der Waals surface area contributed by atoms with Gasteiger partial charge in [0.05, 0.1) is 12.0 Å². The van der Waals surface area contributed by atoms with Gasteiger partial charge >= 0.3 is 0 Å². The lowest BCUT2D eigenvalue weighted by Crippen LogP contribution is -2.32. The van der Waals surface area contributed by atoms with Crippen molar-refractivity contribution in [3.63, 3.8) is 0 Å². The molecule has 1 aromatic carbocycles. The van der Waals surface area contributed by atoms with Gasteiger partial charge < -0.3 is 4.74 Å². The number of sulfonamides is 1. The molecule has 2 atom stereocenters. The van der Waals surface area contributed by atoms with Crippen LogP contribution >= 0.6 is 0 Å². The van der Waals surface area contributed by atoms with E-state index in [-0.39, 0.29) is 18.4 Å². The summed E-state index contributed by atoms with van der Waals surface area (Å²) in [7, 11) is -3.65. The van der Waals surface area contributed by atoms with E-state index >= 15 is 0 Å². The number of carbonyl (C=O) groups excluding carboxylic acids is 1. The van der Waals surface area contributed by atoms with E-state index in [2.05, 4.69) is 46.2 Å². The number of aromatic nitrogens is 1. The lowest BCUT2D eigenvalue weighted by atomic mass is 9.88. The Bertz CT molecular complexity index is 1210. The second kappa shape index (κ2) is 12.2. The molecule has 0 bridgehead atoms. The lowest BCUT2D eigenvalue weighted by Gasteiger charge is -2.25. The average molecular weight is 514 g/mol. The molecule has 0 spiro atoms. The van der Waals surface area contributed by atoms with Crippen molar-refractivity contribution in [2.24, 2.45) is 5.11 Å². The minimum atomic E-state index is -3.65. The smallest absolute Gasteiger partial charge is 0.234 e. The van der Waals surface area contributed by atoms with E-state index < -0.39 is 15.9 Å². The van der Waals surface area contributed by atoms with Crippen LogP contribution < -0.4 is 9.46 Å². The Morgan fingerprint density at radius 3 is 2.86 bits per heavy atom. The number of nitrogens with one attached hydrogen (secondary N) is 2. The summed E-state index contributed by atoms with van der Waals surface area (Å²) >= 11 is 0. The van der Waals surface area contributed by atoms with E-state index in [0.29, 0.717) is 31.6 Å². The van der Waals surface area contributed by atoms with E-state index in [1.807, 2.05) is 24.4 Å².